The number of hydrogen-bond acceptors (Lipinski definition) is 5. The van der Waals surface area contributed by atoms with Crippen LogP contribution >= 0.6 is 11.3 Å². The van der Waals surface area contributed by atoms with Crippen molar-refractivity contribution >= 4 is 22.2 Å². The van der Waals surface area contributed by atoms with Crippen LogP contribution in [0.4, 0.5) is 10.8 Å². The number of nitrogen functional groups attached to an aromatic ring is 1. The lowest BCUT2D eigenvalue weighted by Gasteiger charge is -2.21. The molecule has 2 aromatic rings. The summed E-state index contributed by atoms with van der Waals surface area (Å²) in [6, 6.07) is 8.68. The van der Waals surface area contributed by atoms with Crippen LogP contribution in [0.3, 0.4) is 0 Å². The maximum absolute atomic E-state index is 5.82. The highest BCUT2D eigenvalue weighted by atomic mass is 32.1. The number of nitrogens with two attached hydrogens (primary N) is 1. The maximum atomic E-state index is 5.82. The van der Waals surface area contributed by atoms with Gasteiger partial charge in [0.05, 0.1) is 0 Å². The van der Waals surface area contributed by atoms with Gasteiger partial charge in [0.2, 0.25) is 5.13 Å². The molecule has 1 heterocycles. The van der Waals surface area contributed by atoms with Gasteiger partial charge in [-0.3, -0.25) is 0 Å². The van der Waals surface area contributed by atoms with Crippen molar-refractivity contribution in [2.24, 2.45) is 0 Å². The number of benzene rings is 1. The third-order valence-electron chi connectivity index (χ3n) is 3.05. The number of hydrogen-bond donors (Lipinski definition) is 1. The van der Waals surface area contributed by atoms with E-state index in [2.05, 4.69) is 21.2 Å². The first-order valence-electron chi connectivity index (χ1n) is 6.13. The SMILES string of the molecule is Cc1nnc(N(Cc2cccc(N)c2)C2CC2)s1. The summed E-state index contributed by atoms with van der Waals surface area (Å²) in [4.78, 5) is 2.35. The van der Waals surface area contributed by atoms with E-state index < -0.39 is 0 Å². The molecule has 2 N–H and O–H groups in total. The van der Waals surface area contributed by atoms with E-state index in [0.717, 1.165) is 22.4 Å². The fraction of sp³-hybridized carbons (Fsp3) is 0.385. The largest absolute Gasteiger partial charge is 0.399 e. The van der Waals surface area contributed by atoms with E-state index in [1.54, 1.807) is 11.3 Å². The van der Waals surface area contributed by atoms with Crippen LogP contribution in [-0.4, -0.2) is 16.2 Å². The summed E-state index contributed by atoms with van der Waals surface area (Å²) < 4.78 is 0. The van der Waals surface area contributed by atoms with Gasteiger partial charge in [-0.2, -0.15) is 0 Å². The molecule has 0 amide bonds. The average molecular weight is 260 g/mol. The second-order valence-corrected chi connectivity index (χ2v) is 5.87. The quantitative estimate of drug-likeness (QED) is 0.859. The normalized spacial score (nSPS) is 14.7. The number of aryl methyl sites for hydroxylation is 1. The van der Waals surface area contributed by atoms with Crippen molar-refractivity contribution in [1.82, 2.24) is 10.2 Å². The molecule has 4 nitrogen and oxygen atoms in total. The smallest absolute Gasteiger partial charge is 0.208 e. The molecule has 1 fully saturated rings. The Morgan fingerprint density at radius 1 is 1.39 bits per heavy atom. The van der Waals surface area contributed by atoms with Crippen molar-refractivity contribution in [3.63, 3.8) is 0 Å². The molecule has 0 radical (unpaired) electrons. The second-order valence-electron chi connectivity index (χ2n) is 4.71. The first kappa shape index (κ1) is 11.5. The van der Waals surface area contributed by atoms with Crippen molar-refractivity contribution in [3.8, 4) is 0 Å². The van der Waals surface area contributed by atoms with E-state index in [1.807, 2.05) is 25.1 Å². The molecule has 0 atom stereocenters. The van der Waals surface area contributed by atoms with E-state index in [-0.39, 0.29) is 0 Å². The molecular weight excluding hydrogens is 244 g/mol. The van der Waals surface area contributed by atoms with E-state index in [9.17, 15) is 0 Å². The van der Waals surface area contributed by atoms with Crippen LogP contribution in [0.1, 0.15) is 23.4 Å². The second kappa shape index (κ2) is 4.57. The lowest BCUT2D eigenvalue weighted by atomic mass is 10.2. The summed E-state index contributed by atoms with van der Waals surface area (Å²) in [5, 5.41) is 10.4. The van der Waals surface area contributed by atoms with Crippen LogP contribution in [0.2, 0.25) is 0 Å². The van der Waals surface area contributed by atoms with E-state index in [1.165, 1.54) is 18.4 Å². The summed E-state index contributed by atoms with van der Waals surface area (Å²) in [5.74, 6) is 0. The van der Waals surface area contributed by atoms with Gasteiger partial charge in [0.15, 0.2) is 0 Å². The minimum Gasteiger partial charge on any atom is -0.399 e. The lowest BCUT2D eigenvalue weighted by Crippen LogP contribution is -2.24. The van der Waals surface area contributed by atoms with Crippen molar-refractivity contribution in [3.05, 3.63) is 34.8 Å². The predicted octanol–water partition coefficient (Wildman–Crippen LogP) is 2.60. The topological polar surface area (TPSA) is 55.0 Å². The first-order chi connectivity index (χ1) is 8.72. The number of nitrogens with zero attached hydrogens (tertiary/aromatic N) is 3. The average Bonchev–Trinajstić information content (AvgIpc) is 3.09. The third kappa shape index (κ3) is 2.46. The standard InChI is InChI=1S/C13H16N4S/c1-9-15-16-13(18-9)17(12-5-6-12)8-10-3-2-4-11(14)7-10/h2-4,7,12H,5-6,8,14H2,1H3. The Labute approximate surface area is 110 Å². The van der Waals surface area contributed by atoms with Crippen molar-refractivity contribution < 1.29 is 0 Å². The lowest BCUT2D eigenvalue weighted by molar-refractivity contribution is 0.780. The fourth-order valence-corrected chi connectivity index (χ4v) is 2.79. The third-order valence-corrected chi connectivity index (χ3v) is 3.93. The highest BCUT2D eigenvalue weighted by Gasteiger charge is 2.31. The van der Waals surface area contributed by atoms with Gasteiger partial charge in [0.25, 0.3) is 0 Å². The van der Waals surface area contributed by atoms with E-state index in [4.69, 9.17) is 5.73 Å². The van der Waals surface area contributed by atoms with Gasteiger partial charge in [-0.25, -0.2) is 0 Å². The van der Waals surface area contributed by atoms with E-state index >= 15 is 0 Å². The molecule has 3 rings (SSSR count). The van der Waals surface area contributed by atoms with Gasteiger partial charge in [-0.05, 0) is 37.5 Å². The number of rotatable bonds is 4. The van der Waals surface area contributed by atoms with Crippen LogP contribution in [-0.2, 0) is 6.54 Å². The van der Waals surface area contributed by atoms with Crippen molar-refractivity contribution in [2.45, 2.75) is 32.4 Å². The van der Waals surface area contributed by atoms with Gasteiger partial charge in [-0.15, -0.1) is 10.2 Å². The fourth-order valence-electron chi connectivity index (χ4n) is 2.03. The minimum absolute atomic E-state index is 0.624. The highest BCUT2D eigenvalue weighted by molar-refractivity contribution is 7.15. The van der Waals surface area contributed by atoms with Gasteiger partial charge in [0, 0.05) is 18.3 Å². The van der Waals surface area contributed by atoms with Crippen LogP contribution in [0.5, 0.6) is 0 Å². The molecule has 1 saturated carbocycles. The minimum atomic E-state index is 0.624. The molecule has 1 aromatic carbocycles. The van der Waals surface area contributed by atoms with Gasteiger partial charge >= 0.3 is 0 Å². The Bertz CT molecular complexity index is 547. The summed E-state index contributed by atoms with van der Waals surface area (Å²) in [6.45, 7) is 2.86. The Morgan fingerprint density at radius 2 is 2.22 bits per heavy atom. The molecule has 18 heavy (non-hydrogen) atoms. The molecule has 1 aromatic heterocycles. The molecule has 0 unspecified atom stereocenters. The Hall–Kier alpha value is -1.62. The summed E-state index contributed by atoms with van der Waals surface area (Å²) in [7, 11) is 0. The Morgan fingerprint density at radius 3 is 2.83 bits per heavy atom. The van der Waals surface area contributed by atoms with Crippen LogP contribution in [0.15, 0.2) is 24.3 Å². The monoisotopic (exact) mass is 260 g/mol. The Kier molecular flexibility index (Phi) is 2.91. The molecular formula is C13H16N4S. The molecule has 1 aliphatic carbocycles. The summed E-state index contributed by atoms with van der Waals surface area (Å²) in [5.41, 5.74) is 7.87. The maximum Gasteiger partial charge on any atom is 0.208 e. The molecule has 0 saturated heterocycles. The number of anilines is 2. The zero-order valence-electron chi connectivity index (χ0n) is 10.3. The Balaban J connectivity index is 1.83. The van der Waals surface area contributed by atoms with Crippen LogP contribution < -0.4 is 10.6 Å². The summed E-state index contributed by atoms with van der Waals surface area (Å²) in [6.07, 6.45) is 2.50. The molecule has 0 spiro atoms. The van der Waals surface area contributed by atoms with Crippen LogP contribution in [0, 0.1) is 6.92 Å². The van der Waals surface area contributed by atoms with Gasteiger partial charge in [0.1, 0.15) is 5.01 Å². The molecule has 1 aliphatic rings. The van der Waals surface area contributed by atoms with E-state index in [0.29, 0.717) is 6.04 Å². The zero-order valence-corrected chi connectivity index (χ0v) is 11.2. The summed E-state index contributed by atoms with van der Waals surface area (Å²) >= 11 is 1.66. The van der Waals surface area contributed by atoms with Crippen LogP contribution in [0.25, 0.3) is 0 Å². The predicted molar refractivity (Wildman–Crippen MR) is 74.7 cm³/mol. The van der Waals surface area contributed by atoms with Crippen molar-refractivity contribution in [2.75, 3.05) is 10.6 Å². The molecule has 0 aliphatic heterocycles. The zero-order chi connectivity index (χ0) is 12.5. The number of aromatic nitrogens is 2. The molecule has 94 valence electrons. The van der Waals surface area contributed by atoms with Crippen molar-refractivity contribution in [1.29, 1.82) is 0 Å². The van der Waals surface area contributed by atoms with Gasteiger partial charge in [-0.1, -0.05) is 23.5 Å². The highest BCUT2D eigenvalue weighted by Crippen LogP contribution is 2.34. The molecule has 5 heteroatoms. The van der Waals surface area contributed by atoms with Gasteiger partial charge < -0.3 is 10.6 Å². The molecule has 0 bridgehead atoms. The first-order valence-corrected chi connectivity index (χ1v) is 6.95.